The fourth-order valence-electron chi connectivity index (χ4n) is 4.56. The zero-order valence-electron chi connectivity index (χ0n) is 21.8. The number of hydrogen-bond donors (Lipinski definition) is 3. The van der Waals surface area contributed by atoms with Crippen LogP contribution >= 0.6 is 0 Å². The monoisotopic (exact) mass is 524 g/mol. The number of aliphatic carboxylic acids is 1. The molecule has 2 atom stereocenters. The molecule has 3 aromatic rings. The standard InChI is InChI=1S/C31H32N4O4/c1-22-14-18-33-28(19-22)32-16-5-9-27(36)31(15-6-17-34-31)21-29(37)35-26(20-30(38)39)25-12-10-24(11-13-25)23-7-3-2-4-8-23/h2-4,6-8,10-15,17-19,26H,5,9,16,20-21H2,1H3,(H,32,33)(H,35,37)(H,38,39). The number of carbonyl (C=O) groups is 3. The minimum atomic E-state index is -1.28. The van der Waals surface area contributed by atoms with Gasteiger partial charge in [-0.15, -0.1) is 0 Å². The third kappa shape index (κ3) is 7.47. The van der Waals surface area contributed by atoms with E-state index in [2.05, 4.69) is 20.6 Å². The molecule has 2 heterocycles. The van der Waals surface area contributed by atoms with Gasteiger partial charge in [-0.1, -0.05) is 54.6 Å². The summed E-state index contributed by atoms with van der Waals surface area (Å²) in [5.41, 5.74) is 2.51. The van der Waals surface area contributed by atoms with Crippen LogP contribution in [-0.2, 0) is 14.4 Å². The lowest BCUT2D eigenvalue weighted by Crippen LogP contribution is -2.41. The Morgan fingerprint density at radius 2 is 1.74 bits per heavy atom. The summed E-state index contributed by atoms with van der Waals surface area (Å²) >= 11 is 0. The molecule has 0 bridgehead atoms. The second-order valence-corrected chi connectivity index (χ2v) is 9.62. The number of amides is 1. The fourth-order valence-corrected chi connectivity index (χ4v) is 4.56. The van der Waals surface area contributed by atoms with Gasteiger partial charge >= 0.3 is 5.97 Å². The Balaban J connectivity index is 1.38. The van der Waals surface area contributed by atoms with Crippen molar-refractivity contribution in [2.45, 2.75) is 44.2 Å². The Hall–Kier alpha value is -4.59. The molecule has 2 aromatic carbocycles. The maximum atomic E-state index is 13.2. The van der Waals surface area contributed by atoms with Gasteiger partial charge in [0, 0.05) is 25.4 Å². The van der Waals surface area contributed by atoms with Gasteiger partial charge in [-0.05, 0) is 59.9 Å². The molecule has 1 amide bonds. The van der Waals surface area contributed by atoms with Gasteiger partial charge in [0.05, 0.1) is 18.9 Å². The van der Waals surface area contributed by atoms with Crippen LogP contribution in [0.15, 0.2) is 90.1 Å². The van der Waals surface area contributed by atoms with Crippen LogP contribution < -0.4 is 10.6 Å². The highest BCUT2D eigenvalue weighted by molar-refractivity contribution is 5.99. The molecule has 0 fully saturated rings. The largest absolute Gasteiger partial charge is 0.481 e. The van der Waals surface area contributed by atoms with Crippen molar-refractivity contribution >= 4 is 29.7 Å². The predicted octanol–water partition coefficient (Wildman–Crippen LogP) is 4.92. The molecule has 0 saturated heterocycles. The first-order valence-corrected chi connectivity index (χ1v) is 12.9. The molecule has 39 heavy (non-hydrogen) atoms. The molecular formula is C31H32N4O4. The first kappa shape index (κ1) is 27.4. The number of benzene rings is 2. The summed E-state index contributed by atoms with van der Waals surface area (Å²) in [5.74, 6) is -0.889. The summed E-state index contributed by atoms with van der Waals surface area (Å²) in [5, 5.41) is 15.5. The molecule has 1 aliphatic rings. The van der Waals surface area contributed by atoms with E-state index in [1.54, 1.807) is 18.3 Å². The third-order valence-electron chi connectivity index (χ3n) is 6.61. The number of aryl methyl sites for hydroxylation is 1. The number of nitrogens with zero attached hydrogens (tertiary/aromatic N) is 2. The lowest BCUT2D eigenvalue weighted by atomic mass is 9.88. The van der Waals surface area contributed by atoms with E-state index < -0.39 is 23.5 Å². The summed E-state index contributed by atoms with van der Waals surface area (Å²) in [6.07, 6.45) is 6.87. The smallest absolute Gasteiger partial charge is 0.305 e. The number of rotatable bonds is 13. The van der Waals surface area contributed by atoms with E-state index >= 15 is 0 Å². The summed E-state index contributed by atoms with van der Waals surface area (Å²) in [7, 11) is 0. The van der Waals surface area contributed by atoms with Gasteiger partial charge in [0.25, 0.3) is 0 Å². The second kappa shape index (κ2) is 12.8. The number of aliphatic imine (C=N–C) groups is 1. The van der Waals surface area contributed by atoms with Crippen LogP contribution in [0.4, 0.5) is 5.82 Å². The Bertz CT molecular complexity index is 1350. The van der Waals surface area contributed by atoms with Crippen molar-refractivity contribution in [3.63, 3.8) is 0 Å². The van der Waals surface area contributed by atoms with E-state index in [9.17, 15) is 19.5 Å². The number of hydrogen-bond acceptors (Lipinski definition) is 6. The number of Topliss-reactive ketones (excluding diaryl/α,β-unsaturated/α-hetero) is 1. The average Bonchev–Trinajstić information content (AvgIpc) is 3.40. The van der Waals surface area contributed by atoms with Gasteiger partial charge in [-0.3, -0.25) is 19.4 Å². The van der Waals surface area contributed by atoms with Crippen molar-refractivity contribution in [3.05, 3.63) is 96.2 Å². The molecule has 2 unspecified atom stereocenters. The van der Waals surface area contributed by atoms with Crippen molar-refractivity contribution in [1.29, 1.82) is 0 Å². The number of aromatic nitrogens is 1. The van der Waals surface area contributed by atoms with E-state index in [0.717, 1.165) is 22.5 Å². The van der Waals surface area contributed by atoms with Crippen LogP contribution in [0.25, 0.3) is 11.1 Å². The van der Waals surface area contributed by atoms with E-state index in [-0.39, 0.29) is 25.0 Å². The number of ketones is 1. The Morgan fingerprint density at radius 1 is 1.00 bits per heavy atom. The molecule has 4 rings (SSSR count). The maximum Gasteiger partial charge on any atom is 0.305 e. The van der Waals surface area contributed by atoms with Crippen LogP contribution in [0.2, 0.25) is 0 Å². The van der Waals surface area contributed by atoms with Gasteiger partial charge in [0.15, 0.2) is 5.78 Å². The van der Waals surface area contributed by atoms with E-state index in [1.807, 2.05) is 73.7 Å². The number of carboxylic acid groups (broad SMARTS) is 1. The van der Waals surface area contributed by atoms with Crippen molar-refractivity contribution in [2.75, 3.05) is 11.9 Å². The maximum absolute atomic E-state index is 13.2. The number of carboxylic acids is 1. The summed E-state index contributed by atoms with van der Waals surface area (Å²) < 4.78 is 0. The highest BCUT2D eigenvalue weighted by atomic mass is 16.4. The zero-order chi connectivity index (χ0) is 27.7. The highest BCUT2D eigenvalue weighted by Crippen LogP contribution is 2.27. The Morgan fingerprint density at radius 3 is 2.41 bits per heavy atom. The highest BCUT2D eigenvalue weighted by Gasteiger charge is 2.38. The molecule has 200 valence electrons. The van der Waals surface area contributed by atoms with Crippen molar-refractivity contribution in [3.8, 4) is 11.1 Å². The Kier molecular flexibility index (Phi) is 8.99. The van der Waals surface area contributed by atoms with Gasteiger partial charge in [-0.2, -0.15) is 0 Å². The predicted molar refractivity (Wildman–Crippen MR) is 152 cm³/mol. The number of allylic oxidation sites excluding steroid dienone is 1. The normalized spacial score (nSPS) is 16.5. The molecule has 0 saturated carbocycles. The summed E-state index contributed by atoms with van der Waals surface area (Å²) in [6.45, 7) is 2.54. The SMILES string of the molecule is Cc1ccnc(NCCCC(=O)C2(CC(=O)NC(CC(=O)O)c3ccc(-c4ccccc4)cc3)C=CC=N2)c1. The molecule has 1 aliphatic heterocycles. The number of anilines is 1. The molecule has 8 nitrogen and oxygen atoms in total. The molecular weight excluding hydrogens is 492 g/mol. The number of pyridine rings is 1. The van der Waals surface area contributed by atoms with Crippen molar-refractivity contribution in [1.82, 2.24) is 10.3 Å². The van der Waals surface area contributed by atoms with E-state index in [1.165, 1.54) is 6.21 Å². The van der Waals surface area contributed by atoms with Crippen LogP contribution in [0.1, 0.15) is 42.9 Å². The zero-order valence-corrected chi connectivity index (χ0v) is 21.8. The lowest BCUT2D eigenvalue weighted by Gasteiger charge is -2.24. The Labute approximate surface area is 227 Å². The average molecular weight is 525 g/mol. The molecule has 1 aromatic heterocycles. The number of nitrogens with one attached hydrogen (secondary N) is 2. The minimum absolute atomic E-state index is 0.163. The van der Waals surface area contributed by atoms with Crippen LogP contribution in [0, 0.1) is 6.92 Å². The van der Waals surface area contributed by atoms with Gasteiger partial charge in [0.1, 0.15) is 11.4 Å². The molecule has 0 spiro atoms. The van der Waals surface area contributed by atoms with Crippen molar-refractivity contribution in [2.24, 2.45) is 4.99 Å². The lowest BCUT2D eigenvalue weighted by molar-refractivity contribution is -0.138. The fraction of sp³-hybridized carbons (Fsp3) is 0.258. The van der Waals surface area contributed by atoms with E-state index in [0.29, 0.717) is 18.5 Å². The van der Waals surface area contributed by atoms with Crippen LogP contribution in [-0.4, -0.2) is 46.0 Å². The molecule has 3 N–H and O–H groups in total. The topological polar surface area (TPSA) is 121 Å². The first-order valence-electron chi connectivity index (χ1n) is 12.9. The van der Waals surface area contributed by atoms with Gasteiger partial charge < -0.3 is 15.7 Å². The second-order valence-electron chi connectivity index (χ2n) is 9.62. The first-order chi connectivity index (χ1) is 18.8. The third-order valence-corrected chi connectivity index (χ3v) is 6.61. The van der Waals surface area contributed by atoms with E-state index in [4.69, 9.17) is 0 Å². The quantitative estimate of drug-likeness (QED) is 0.273. The number of carbonyl (C=O) groups excluding carboxylic acids is 2. The molecule has 0 aliphatic carbocycles. The van der Waals surface area contributed by atoms with Gasteiger partial charge in [0.2, 0.25) is 5.91 Å². The summed E-state index contributed by atoms with van der Waals surface area (Å²) in [6, 6.07) is 20.4. The van der Waals surface area contributed by atoms with Crippen LogP contribution in [0.5, 0.6) is 0 Å². The molecule has 0 radical (unpaired) electrons. The molecule has 8 heteroatoms. The minimum Gasteiger partial charge on any atom is -0.481 e. The van der Waals surface area contributed by atoms with Crippen LogP contribution in [0.3, 0.4) is 0 Å². The summed E-state index contributed by atoms with van der Waals surface area (Å²) in [4.78, 5) is 46.5. The van der Waals surface area contributed by atoms with Gasteiger partial charge in [-0.25, -0.2) is 4.98 Å². The van der Waals surface area contributed by atoms with Crippen molar-refractivity contribution < 1.29 is 19.5 Å².